The molecule has 122 valence electrons. The number of amides is 1. The van der Waals surface area contributed by atoms with Crippen LogP contribution in [-0.2, 0) is 4.79 Å². The van der Waals surface area contributed by atoms with E-state index < -0.39 is 0 Å². The van der Waals surface area contributed by atoms with Crippen molar-refractivity contribution < 1.29 is 4.79 Å². The van der Waals surface area contributed by atoms with Crippen molar-refractivity contribution in [3.63, 3.8) is 0 Å². The van der Waals surface area contributed by atoms with Gasteiger partial charge in [0.2, 0.25) is 5.91 Å². The first-order chi connectivity index (χ1) is 10.2. The van der Waals surface area contributed by atoms with Crippen molar-refractivity contribution >= 4 is 5.91 Å². The highest BCUT2D eigenvalue weighted by molar-refractivity contribution is 5.76. The molecule has 1 amide bonds. The van der Waals surface area contributed by atoms with Gasteiger partial charge in [-0.1, -0.05) is 13.8 Å². The third-order valence-corrected chi connectivity index (χ3v) is 5.25. The molecule has 0 radical (unpaired) electrons. The summed E-state index contributed by atoms with van der Waals surface area (Å²) in [6.07, 6.45) is 10.6. The van der Waals surface area contributed by atoms with Crippen molar-refractivity contribution in [2.45, 2.75) is 77.7 Å². The van der Waals surface area contributed by atoms with Gasteiger partial charge < -0.3 is 10.2 Å². The number of carbonyl (C=O) groups excluding carboxylic acids is 1. The lowest BCUT2D eigenvalue weighted by Crippen LogP contribution is -2.44. The minimum atomic E-state index is 0.432. The van der Waals surface area contributed by atoms with Crippen LogP contribution in [0.25, 0.3) is 0 Å². The van der Waals surface area contributed by atoms with E-state index in [1.807, 2.05) is 0 Å². The Kier molecular flexibility index (Phi) is 7.01. The van der Waals surface area contributed by atoms with Gasteiger partial charge in [0, 0.05) is 19.0 Å². The summed E-state index contributed by atoms with van der Waals surface area (Å²) >= 11 is 0. The number of piperidine rings is 2. The summed E-state index contributed by atoms with van der Waals surface area (Å²) < 4.78 is 0. The molecule has 0 aromatic rings. The maximum Gasteiger partial charge on any atom is 0.222 e. The molecule has 2 saturated heterocycles. The Labute approximate surface area is 130 Å². The van der Waals surface area contributed by atoms with Crippen LogP contribution < -0.4 is 5.32 Å². The molecule has 1 atom stereocenters. The summed E-state index contributed by atoms with van der Waals surface area (Å²) in [7, 11) is 0. The first-order valence-electron chi connectivity index (χ1n) is 9.17. The average molecular weight is 294 g/mol. The van der Waals surface area contributed by atoms with Crippen LogP contribution in [-0.4, -0.2) is 36.5 Å². The molecular formula is C18H34N2O. The van der Waals surface area contributed by atoms with E-state index in [4.69, 9.17) is 0 Å². The Morgan fingerprint density at radius 3 is 2.62 bits per heavy atom. The van der Waals surface area contributed by atoms with Crippen molar-refractivity contribution in [2.75, 3.05) is 19.6 Å². The molecule has 0 aliphatic carbocycles. The van der Waals surface area contributed by atoms with Crippen LogP contribution in [0.1, 0.15) is 71.6 Å². The molecule has 3 heteroatoms. The van der Waals surface area contributed by atoms with Crippen molar-refractivity contribution in [2.24, 2.45) is 11.8 Å². The topological polar surface area (TPSA) is 32.3 Å². The molecule has 0 aromatic heterocycles. The first-order valence-corrected chi connectivity index (χ1v) is 9.17. The van der Waals surface area contributed by atoms with Crippen LogP contribution in [0.5, 0.6) is 0 Å². The van der Waals surface area contributed by atoms with Gasteiger partial charge in [0.25, 0.3) is 0 Å². The van der Waals surface area contributed by atoms with Gasteiger partial charge in [-0.05, 0) is 76.3 Å². The second-order valence-corrected chi connectivity index (χ2v) is 7.44. The summed E-state index contributed by atoms with van der Waals surface area (Å²) in [6.45, 7) is 7.85. The lowest BCUT2D eigenvalue weighted by atomic mass is 9.91. The molecule has 2 fully saturated rings. The minimum Gasteiger partial charge on any atom is -0.340 e. The van der Waals surface area contributed by atoms with E-state index in [1.165, 1.54) is 44.9 Å². The predicted octanol–water partition coefficient (Wildman–Crippen LogP) is 3.58. The van der Waals surface area contributed by atoms with Gasteiger partial charge in [0.15, 0.2) is 0 Å². The number of carbonyl (C=O) groups is 1. The second-order valence-electron chi connectivity index (χ2n) is 7.44. The summed E-state index contributed by atoms with van der Waals surface area (Å²) in [5.74, 6) is 1.95. The molecule has 2 aliphatic rings. The van der Waals surface area contributed by atoms with E-state index in [0.29, 0.717) is 11.9 Å². The second kappa shape index (κ2) is 8.77. The number of hydrogen-bond donors (Lipinski definition) is 1. The van der Waals surface area contributed by atoms with E-state index >= 15 is 0 Å². The number of nitrogens with one attached hydrogen (secondary N) is 1. The predicted molar refractivity (Wildman–Crippen MR) is 88.3 cm³/mol. The smallest absolute Gasteiger partial charge is 0.222 e. The monoisotopic (exact) mass is 294 g/mol. The van der Waals surface area contributed by atoms with Crippen molar-refractivity contribution in [3.05, 3.63) is 0 Å². The van der Waals surface area contributed by atoms with Crippen LogP contribution in [0.2, 0.25) is 0 Å². The van der Waals surface area contributed by atoms with Crippen molar-refractivity contribution in [1.29, 1.82) is 0 Å². The standard InChI is InChI=1S/C18H34N2O/c1-15(2)6-8-17-5-3-4-14-20(17)18(21)9-7-16-10-12-19-13-11-16/h15-17,19H,3-14H2,1-2H3. The van der Waals surface area contributed by atoms with Gasteiger partial charge in [-0.15, -0.1) is 0 Å². The summed E-state index contributed by atoms with van der Waals surface area (Å²) in [5.41, 5.74) is 0. The fraction of sp³-hybridized carbons (Fsp3) is 0.944. The number of rotatable bonds is 6. The molecule has 2 heterocycles. The Morgan fingerprint density at radius 2 is 1.90 bits per heavy atom. The van der Waals surface area contributed by atoms with Crippen LogP contribution in [0.15, 0.2) is 0 Å². The third-order valence-electron chi connectivity index (χ3n) is 5.25. The fourth-order valence-corrected chi connectivity index (χ4v) is 3.80. The zero-order valence-electron chi connectivity index (χ0n) is 14.1. The Bertz CT molecular complexity index is 310. The largest absolute Gasteiger partial charge is 0.340 e. The van der Waals surface area contributed by atoms with Gasteiger partial charge in [0.05, 0.1) is 0 Å². The lowest BCUT2D eigenvalue weighted by Gasteiger charge is -2.37. The lowest BCUT2D eigenvalue weighted by molar-refractivity contribution is -0.135. The van der Waals surface area contributed by atoms with Gasteiger partial charge in [-0.2, -0.15) is 0 Å². The maximum atomic E-state index is 12.6. The average Bonchev–Trinajstić information content (AvgIpc) is 2.52. The van der Waals surface area contributed by atoms with Crippen molar-refractivity contribution in [3.8, 4) is 0 Å². The zero-order chi connectivity index (χ0) is 15.1. The molecule has 1 N–H and O–H groups in total. The van der Waals surface area contributed by atoms with Gasteiger partial charge >= 0.3 is 0 Å². The maximum absolute atomic E-state index is 12.6. The molecule has 0 bridgehead atoms. The van der Waals surface area contributed by atoms with E-state index in [9.17, 15) is 4.79 Å². The fourth-order valence-electron chi connectivity index (χ4n) is 3.80. The molecule has 0 saturated carbocycles. The Balaban J connectivity index is 1.77. The highest BCUT2D eigenvalue weighted by Gasteiger charge is 2.26. The molecule has 2 rings (SSSR count). The van der Waals surface area contributed by atoms with Gasteiger partial charge in [-0.25, -0.2) is 0 Å². The third kappa shape index (κ3) is 5.61. The molecule has 3 nitrogen and oxygen atoms in total. The van der Waals surface area contributed by atoms with E-state index in [-0.39, 0.29) is 0 Å². The van der Waals surface area contributed by atoms with E-state index in [2.05, 4.69) is 24.1 Å². The first kappa shape index (κ1) is 16.8. The van der Waals surface area contributed by atoms with Crippen LogP contribution in [0.3, 0.4) is 0 Å². The molecule has 0 aromatic carbocycles. The quantitative estimate of drug-likeness (QED) is 0.812. The Hall–Kier alpha value is -0.570. The summed E-state index contributed by atoms with van der Waals surface area (Å²) in [6, 6.07) is 0.529. The minimum absolute atomic E-state index is 0.432. The normalized spacial score (nSPS) is 24.5. The van der Waals surface area contributed by atoms with Gasteiger partial charge in [0.1, 0.15) is 0 Å². The van der Waals surface area contributed by atoms with E-state index in [0.717, 1.165) is 44.3 Å². The Morgan fingerprint density at radius 1 is 1.14 bits per heavy atom. The number of hydrogen-bond acceptors (Lipinski definition) is 2. The van der Waals surface area contributed by atoms with Crippen LogP contribution >= 0.6 is 0 Å². The molecular weight excluding hydrogens is 260 g/mol. The highest BCUT2D eigenvalue weighted by atomic mass is 16.2. The summed E-state index contributed by atoms with van der Waals surface area (Å²) in [5, 5.41) is 3.40. The van der Waals surface area contributed by atoms with Crippen molar-refractivity contribution in [1.82, 2.24) is 10.2 Å². The number of likely N-dealkylation sites (tertiary alicyclic amines) is 1. The molecule has 21 heavy (non-hydrogen) atoms. The van der Waals surface area contributed by atoms with Gasteiger partial charge in [-0.3, -0.25) is 4.79 Å². The number of nitrogens with zero attached hydrogens (tertiary/aromatic N) is 1. The molecule has 0 spiro atoms. The van der Waals surface area contributed by atoms with E-state index in [1.54, 1.807) is 0 Å². The summed E-state index contributed by atoms with van der Waals surface area (Å²) in [4.78, 5) is 14.8. The SMILES string of the molecule is CC(C)CCC1CCCCN1C(=O)CCC1CCNCC1. The van der Waals surface area contributed by atoms with Crippen LogP contribution in [0.4, 0.5) is 0 Å². The van der Waals surface area contributed by atoms with Crippen LogP contribution in [0, 0.1) is 11.8 Å². The molecule has 2 aliphatic heterocycles. The molecule has 1 unspecified atom stereocenters. The zero-order valence-corrected chi connectivity index (χ0v) is 14.1. The highest BCUT2D eigenvalue weighted by Crippen LogP contribution is 2.25.